The zero-order valence-corrected chi connectivity index (χ0v) is 17.2. The molecule has 28 heavy (non-hydrogen) atoms. The highest BCUT2D eigenvalue weighted by Gasteiger charge is 2.17. The van der Waals surface area contributed by atoms with Crippen molar-refractivity contribution in [3.63, 3.8) is 0 Å². The highest BCUT2D eigenvalue weighted by atomic mass is 16.3. The minimum Gasteiger partial charge on any atom is -0.451 e. The summed E-state index contributed by atoms with van der Waals surface area (Å²) in [6.45, 7) is 9.61. The Balaban J connectivity index is 1.70. The fraction of sp³-hybridized carbons (Fsp3) is 0.500. The Bertz CT molecular complexity index is 746. The third-order valence-corrected chi connectivity index (χ3v) is 4.63. The molecule has 1 aromatic carbocycles. The second-order valence-electron chi connectivity index (χ2n) is 8.41. The first-order valence-corrected chi connectivity index (χ1v) is 9.76. The monoisotopic (exact) mass is 385 g/mol. The van der Waals surface area contributed by atoms with Gasteiger partial charge in [0.25, 0.3) is 5.91 Å². The van der Waals surface area contributed by atoms with Crippen LogP contribution in [0.5, 0.6) is 0 Å². The van der Waals surface area contributed by atoms with E-state index in [2.05, 4.69) is 36.4 Å². The smallest absolute Gasteiger partial charge is 0.273 e. The Hall–Kier alpha value is -2.63. The Morgan fingerprint density at radius 2 is 1.79 bits per heavy atom. The first-order valence-electron chi connectivity index (χ1n) is 9.76. The van der Waals surface area contributed by atoms with Gasteiger partial charge in [0.1, 0.15) is 6.26 Å². The molecule has 2 N–H and O–H groups in total. The third-order valence-electron chi connectivity index (χ3n) is 4.63. The van der Waals surface area contributed by atoms with Crippen molar-refractivity contribution in [2.45, 2.75) is 53.5 Å². The molecule has 0 aliphatic heterocycles. The third kappa shape index (κ3) is 7.55. The molecule has 1 atom stereocenters. The normalized spacial score (nSPS) is 12.4. The van der Waals surface area contributed by atoms with Gasteiger partial charge in [-0.25, -0.2) is 4.98 Å². The van der Waals surface area contributed by atoms with Crippen LogP contribution in [0.1, 0.15) is 62.2 Å². The summed E-state index contributed by atoms with van der Waals surface area (Å²) in [4.78, 5) is 27.8. The van der Waals surface area contributed by atoms with Crippen LogP contribution in [0.2, 0.25) is 0 Å². The van der Waals surface area contributed by atoms with Crippen LogP contribution in [0.3, 0.4) is 0 Å². The fourth-order valence-corrected chi connectivity index (χ4v) is 2.70. The van der Waals surface area contributed by atoms with E-state index >= 15 is 0 Å². The first kappa shape index (κ1) is 21.7. The minimum absolute atomic E-state index is 0.0202. The number of carbonyl (C=O) groups excluding carboxylic acids is 2. The van der Waals surface area contributed by atoms with Gasteiger partial charge >= 0.3 is 0 Å². The number of aromatic nitrogens is 1. The van der Waals surface area contributed by atoms with E-state index < -0.39 is 0 Å². The Morgan fingerprint density at radius 1 is 1.11 bits per heavy atom. The number of nitrogens with one attached hydrogen (secondary N) is 2. The summed E-state index contributed by atoms with van der Waals surface area (Å²) in [5.74, 6) is -0.121. The quantitative estimate of drug-likeness (QED) is 0.689. The lowest BCUT2D eigenvalue weighted by Gasteiger charge is -2.20. The molecule has 1 heterocycles. The van der Waals surface area contributed by atoms with Crippen molar-refractivity contribution in [2.24, 2.45) is 11.3 Å². The molecule has 0 saturated heterocycles. The van der Waals surface area contributed by atoms with Crippen molar-refractivity contribution in [1.29, 1.82) is 0 Å². The number of nitrogens with zero attached hydrogens (tertiary/aromatic N) is 1. The standard InChI is InChI=1S/C22H31N3O3/c1-16(9-11-22(2,3)4)20(26)24-13-18-7-5-17(6-8-18)10-12-23-21(27)19-14-28-15-25-19/h5-8,14-16H,9-13H2,1-4H3,(H,23,27)(H,24,26). The molecule has 1 aromatic heterocycles. The summed E-state index contributed by atoms with van der Waals surface area (Å²) < 4.78 is 4.79. The lowest BCUT2D eigenvalue weighted by Crippen LogP contribution is -2.29. The molecular formula is C22H31N3O3. The fourth-order valence-electron chi connectivity index (χ4n) is 2.70. The largest absolute Gasteiger partial charge is 0.451 e. The van der Waals surface area contributed by atoms with E-state index in [9.17, 15) is 9.59 Å². The lowest BCUT2D eigenvalue weighted by atomic mass is 9.87. The van der Waals surface area contributed by atoms with Crippen molar-refractivity contribution in [1.82, 2.24) is 15.6 Å². The molecule has 0 spiro atoms. The van der Waals surface area contributed by atoms with Crippen molar-refractivity contribution in [3.05, 3.63) is 53.7 Å². The second-order valence-corrected chi connectivity index (χ2v) is 8.41. The van der Waals surface area contributed by atoms with Crippen molar-refractivity contribution in [3.8, 4) is 0 Å². The minimum atomic E-state index is -0.242. The van der Waals surface area contributed by atoms with Crippen LogP contribution in [-0.4, -0.2) is 23.3 Å². The average Bonchev–Trinajstić information content (AvgIpc) is 3.19. The molecule has 0 radical (unpaired) electrons. The topological polar surface area (TPSA) is 84.2 Å². The summed E-state index contributed by atoms with van der Waals surface area (Å²) in [6, 6.07) is 8.06. The van der Waals surface area contributed by atoms with Gasteiger partial charge in [-0.15, -0.1) is 0 Å². The Labute approximate surface area is 167 Å². The molecular weight excluding hydrogens is 354 g/mol. The van der Waals surface area contributed by atoms with E-state index in [0.717, 1.165) is 30.4 Å². The number of hydrogen-bond acceptors (Lipinski definition) is 4. The Morgan fingerprint density at radius 3 is 2.39 bits per heavy atom. The van der Waals surface area contributed by atoms with Crippen molar-refractivity contribution >= 4 is 11.8 Å². The summed E-state index contributed by atoms with van der Waals surface area (Å²) in [5, 5.41) is 5.82. The van der Waals surface area contributed by atoms with Crippen LogP contribution in [0.4, 0.5) is 0 Å². The van der Waals surface area contributed by atoms with E-state index in [1.807, 2.05) is 31.2 Å². The zero-order chi connectivity index (χ0) is 20.6. The highest BCUT2D eigenvalue weighted by molar-refractivity contribution is 5.91. The van der Waals surface area contributed by atoms with Crippen LogP contribution in [-0.2, 0) is 17.8 Å². The van der Waals surface area contributed by atoms with E-state index in [4.69, 9.17) is 4.42 Å². The van der Waals surface area contributed by atoms with Crippen LogP contribution in [0.25, 0.3) is 0 Å². The van der Waals surface area contributed by atoms with Gasteiger partial charge in [-0.05, 0) is 35.8 Å². The van der Waals surface area contributed by atoms with Gasteiger partial charge in [0.2, 0.25) is 5.91 Å². The molecule has 152 valence electrons. The molecule has 1 unspecified atom stereocenters. The second kappa shape index (κ2) is 10.1. The predicted octanol–water partition coefficient (Wildman–Crippen LogP) is 3.73. The van der Waals surface area contributed by atoms with E-state index in [1.165, 1.54) is 12.7 Å². The van der Waals surface area contributed by atoms with Gasteiger partial charge in [-0.3, -0.25) is 9.59 Å². The molecule has 6 heteroatoms. The predicted molar refractivity (Wildman–Crippen MR) is 109 cm³/mol. The molecule has 6 nitrogen and oxygen atoms in total. The van der Waals surface area contributed by atoms with Gasteiger partial charge in [0.15, 0.2) is 12.1 Å². The zero-order valence-electron chi connectivity index (χ0n) is 17.2. The van der Waals surface area contributed by atoms with Crippen molar-refractivity contribution < 1.29 is 14.0 Å². The van der Waals surface area contributed by atoms with Gasteiger partial charge < -0.3 is 15.1 Å². The highest BCUT2D eigenvalue weighted by Crippen LogP contribution is 2.23. The van der Waals surface area contributed by atoms with E-state index in [-0.39, 0.29) is 28.8 Å². The molecule has 2 amide bonds. The van der Waals surface area contributed by atoms with Gasteiger partial charge in [0, 0.05) is 19.0 Å². The molecule has 0 fully saturated rings. The molecule has 0 bridgehead atoms. The van der Waals surface area contributed by atoms with E-state index in [0.29, 0.717) is 13.1 Å². The molecule has 2 aromatic rings. The van der Waals surface area contributed by atoms with Crippen molar-refractivity contribution in [2.75, 3.05) is 6.54 Å². The van der Waals surface area contributed by atoms with Gasteiger partial charge in [-0.2, -0.15) is 0 Å². The Kier molecular flexibility index (Phi) is 7.79. The van der Waals surface area contributed by atoms with E-state index in [1.54, 1.807) is 0 Å². The van der Waals surface area contributed by atoms with Crippen LogP contribution < -0.4 is 10.6 Å². The number of benzene rings is 1. The van der Waals surface area contributed by atoms with Crippen LogP contribution >= 0.6 is 0 Å². The van der Waals surface area contributed by atoms with Crippen LogP contribution in [0.15, 0.2) is 41.3 Å². The summed E-state index contributed by atoms with van der Waals surface area (Å²) in [5.41, 5.74) is 2.71. The molecule has 2 rings (SSSR count). The first-order chi connectivity index (χ1) is 13.2. The summed E-state index contributed by atoms with van der Waals surface area (Å²) >= 11 is 0. The SMILES string of the molecule is CC(CCC(C)(C)C)C(=O)NCc1ccc(CCNC(=O)c2cocn2)cc1. The maximum atomic E-state index is 12.2. The summed E-state index contributed by atoms with van der Waals surface area (Å²) in [6.07, 6.45) is 5.21. The van der Waals surface area contributed by atoms with Gasteiger partial charge in [-0.1, -0.05) is 52.0 Å². The summed E-state index contributed by atoms with van der Waals surface area (Å²) in [7, 11) is 0. The number of carbonyl (C=O) groups is 2. The number of amides is 2. The molecule has 0 aliphatic rings. The maximum Gasteiger partial charge on any atom is 0.273 e. The molecule has 0 aliphatic carbocycles. The number of oxazole rings is 1. The average molecular weight is 386 g/mol. The number of rotatable bonds is 9. The van der Waals surface area contributed by atoms with Crippen LogP contribution in [0, 0.1) is 11.3 Å². The maximum absolute atomic E-state index is 12.2. The number of hydrogen-bond donors (Lipinski definition) is 2. The molecule has 0 saturated carbocycles. The lowest BCUT2D eigenvalue weighted by molar-refractivity contribution is -0.125. The van der Waals surface area contributed by atoms with Gasteiger partial charge in [0.05, 0.1) is 0 Å².